The Kier molecular flexibility index (Phi) is 5.05. The normalized spacial score (nSPS) is 19.4. The maximum atomic E-state index is 13.7. The van der Waals surface area contributed by atoms with E-state index in [-0.39, 0.29) is 37.1 Å². The van der Waals surface area contributed by atoms with Crippen LogP contribution in [0.25, 0.3) is 0 Å². The molecule has 2 rings (SSSR count). The molecule has 110 valence electrons. The highest BCUT2D eigenvalue weighted by molar-refractivity contribution is 7.89. The van der Waals surface area contributed by atoms with Gasteiger partial charge in [-0.15, -0.1) is 12.4 Å². The fourth-order valence-electron chi connectivity index (χ4n) is 1.97. The average Bonchev–Trinajstić information content (AvgIpc) is 2.75. The predicted molar refractivity (Wildman–Crippen MR) is 69.7 cm³/mol. The lowest BCUT2D eigenvalue weighted by molar-refractivity contribution is 0.452. The standard InChI is InChI=1S/C11H11F2N3O2S.ClH/c12-9-3-7(5-14)4-10(13)11(9)19(17,18)16-2-1-8(15)6-16;/h3-4,8H,1-2,6,15H2;1H. The second kappa shape index (κ2) is 6.01. The third kappa shape index (κ3) is 2.91. The SMILES string of the molecule is Cl.N#Cc1cc(F)c(S(=O)(=O)N2CCC(N)C2)c(F)c1. The van der Waals surface area contributed by atoms with Crippen LogP contribution in [0.4, 0.5) is 8.78 Å². The lowest BCUT2D eigenvalue weighted by Gasteiger charge is -2.16. The molecule has 1 unspecified atom stereocenters. The smallest absolute Gasteiger partial charge is 0.248 e. The monoisotopic (exact) mass is 323 g/mol. The number of sulfonamides is 1. The van der Waals surface area contributed by atoms with Crippen molar-refractivity contribution in [1.82, 2.24) is 4.31 Å². The van der Waals surface area contributed by atoms with Gasteiger partial charge >= 0.3 is 0 Å². The molecule has 0 aliphatic carbocycles. The van der Waals surface area contributed by atoms with Gasteiger partial charge in [0.1, 0.15) is 11.6 Å². The Bertz CT molecular complexity index is 637. The van der Waals surface area contributed by atoms with Gasteiger partial charge in [0, 0.05) is 19.1 Å². The zero-order chi connectivity index (χ0) is 14.2. The Labute approximate surface area is 121 Å². The molecule has 0 aromatic heterocycles. The van der Waals surface area contributed by atoms with Crippen molar-refractivity contribution in [2.45, 2.75) is 17.4 Å². The van der Waals surface area contributed by atoms with Gasteiger partial charge in [-0.2, -0.15) is 9.57 Å². The van der Waals surface area contributed by atoms with Crippen molar-refractivity contribution in [3.8, 4) is 6.07 Å². The molecule has 0 amide bonds. The van der Waals surface area contributed by atoms with Gasteiger partial charge in [0.2, 0.25) is 10.0 Å². The Morgan fingerprint density at radius 2 is 1.90 bits per heavy atom. The Hall–Kier alpha value is -1.27. The summed E-state index contributed by atoms with van der Waals surface area (Å²) >= 11 is 0. The predicted octanol–water partition coefficient (Wildman–Crippen LogP) is 0.980. The first kappa shape index (κ1) is 16.8. The summed E-state index contributed by atoms with van der Waals surface area (Å²) in [5.74, 6) is -2.53. The van der Waals surface area contributed by atoms with Crippen LogP contribution >= 0.6 is 12.4 Å². The molecular weight excluding hydrogens is 312 g/mol. The summed E-state index contributed by atoms with van der Waals surface area (Å²) in [7, 11) is -4.26. The summed E-state index contributed by atoms with van der Waals surface area (Å²) in [5.41, 5.74) is 5.31. The van der Waals surface area contributed by atoms with Gasteiger partial charge in [-0.3, -0.25) is 0 Å². The molecular formula is C11H12ClF2N3O2S. The number of nitriles is 1. The highest BCUT2D eigenvalue weighted by Crippen LogP contribution is 2.26. The maximum Gasteiger partial charge on any atom is 0.248 e. The highest BCUT2D eigenvalue weighted by atomic mass is 35.5. The van der Waals surface area contributed by atoms with Crippen molar-refractivity contribution >= 4 is 22.4 Å². The van der Waals surface area contributed by atoms with Crippen molar-refractivity contribution in [2.24, 2.45) is 5.73 Å². The van der Waals surface area contributed by atoms with Crippen LogP contribution in [0, 0.1) is 23.0 Å². The zero-order valence-electron chi connectivity index (χ0n) is 10.2. The van der Waals surface area contributed by atoms with E-state index < -0.39 is 26.6 Å². The lowest BCUT2D eigenvalue weighted by Crippen LogP contribution is -2.33. The molecule has 1 atom stereocenters. The van der Waals surface area contributed by atoms with E-state index in [1.54, 1.807) is 6.07 Å². The molecule has 1 aromatic carbocycles. The third-order valence-electron chi connectivity index (χ3n) is 2.91. The second-order valence-electron chi connectivity index (χ2n) is 4.29. The first-order chi connectivity index (χ1) is 8.86. The summed E-state index contributed by atoms with van der Waals surface area (Å²) in [6.07, 6.45) is 0.443. The van der Waals surface area contributed by atoms with E-state index in [1.807, 2.05) is 0 Å². The molecule has 9 heteroatoms. The third-order valence-corrected chi connectivity index (χ3v) is 4.83. The van der Waals surface area contributed by atoms with Crippen LogP contribution in [0.2, 0.25) is 0 Å². The number of benzene rings is 1. The summed E-state index contributed by atoms with van der Waals surface area (Å²) < 4.78 is 52.6. The molecule has 0 saturated carbocycles. The molecule has 1 heterocycles. The molecule has 20 heavy (non-hydrogen) atoms. The van der Waals surface area contributed by atoms with Crippen LogP contribution in [0.1, 0.15) is 12.0 Å². The fourth-order valence-corrected chi connectivity index (χ4v) is 3.57. The number of rotatable bonds is 2. The van der Waals surface area contributed by atoms with Gasteiger partial charge < -0.3 is 5.73 Å². The number of nitrogens with zero attached hydrogens (tertiary/aromatic N) is 2. The summed E-state index contributed by atoms with van der Waals surface area (Å²) in [5, 5.41) is 8.57. The molecule has 1 saturated heterocycles. The second-order valence-corrected chi connectivity index (χ2v) is 6.17. The maximum absolute atomic E-state index is 13.7. The van der Waals surface area contributed by atoms with Crippen molar-refractivity contribution in [3.63, 3.8) is 0 Å². The lowest BCUT2D eigenvalue weighted by atomic mass is 10.2. The molecule has 0 spiro atoms. The van der Waals surface area contributed by atoms with Gasteiger partial charge in [-0.25, -0.2) is 17.2 Å². The van der Waals surface area contributed by atoms with Gasteiger partial charge in [0.15, 0.2) is 4.90 Å². The molecule has 0 bridgehead atoms. The van der Waals surface area contributed by atoms with E-state index in [9.17, 15) is 17.2 Å². The fraction of sp³-hybridized carbons (Fsp3) is 0.364. The molecule has 5 nitrogen and oxygen atoms in total. The largest absolute Gasteiger partial charge is 0.326 e. The van der Waals surface area contributed by atoms with E-state index in [2.05, 4.69) is 0 Å². The highest BCUT2D eigenvalue weighted by Gasteiger charge is 2.35. The van der Waals surface area contributed by atoms with Crippen LogP contribution in [0.15, 0.2) is 17.0 Å². The van der Waals surface area contributed by atoms with E-state index in [4.69, 9.17) is 11.0 Å². The zero-order valence-corrected chi connectivity index (χ0v) is 11.8. The number of nitrogens with two attached hydrogens (primary N) is 1. The van der Waals surface area contributed by atoms with Crippen molar-refractivity contribution < 1.29 is 17.2 Å². The minimum absolute atomic E-state index is 0. The first-order valence-corrected chi connectivity index (χ1v) is 6.95. The van der Waals surface area contributed by atoms with Crippen molar-refractivity contribution in [1.29, 1.82) is 5.26 Å². The minimum atomic E-state index is -4.26. The molecule has 1 aliphatic heterocycles. The van der Waals surface area contributed by atoms with E-state index in [1.165, 1.54) is 0 Å². The minimum Gasteiger partial charge on any atom is -0.326 e. The van der Waals surface area contributed by atoms with Crippen molar-refractivity contribution in [3.05, 3.63) is 29.3 Å². The van der Waals surface area contributed by atoms with Crippen LogP contribution in [0.5, 0.6) is 0 Å². The van der Waals surface area contributed by atoms with Crippen LogP contribution in [-0.4, -0.2) is 31.9 Å². The van der Waals surface area contributed by atoms with Crippen LogP contribution in [-0.2, 0) is 10.0 Å². The van der Waals surface area contributed by atoms with Crippen LogP contribution in [0.3, 0.4) is 0 Å². The molecule has 1 aromatic rings. The van der Waals surface area contributed by atoms with Crippen LogP contribution < -0.4 is 5.73 Å². The summed E-state index contributed by atoms with van der Waals surface area (Å²) in [6, 6.07) is 2.62. The van der Waals surface area contributed by atoms with Gasteiger partial charge in [-0.1, -0.05) is 0 Å². The Morgan fingerprint density at radius 3 is 2.30 bits per heavy atom. The van der Waals surface area contributed by atoms with Gasteiger partial charge in [0.25, 0.3) is 0 Å². The summed E-state index contributed by atoms with van der Waals surface area (Å²) in [6.45, 7) is 0.156. The molecule has 2 N–H and O–H groups in total. The van der Waals surface area contributed by atoms with Crippen molar-refractivity contribution in [2.75, 3.05) is 13.1 Å². The van der Waals surface area contributed by atoms with E-state index in [0.29, 0.717) is 18.6 Å². The first-order valence-electron chi connectivity index (χ1n) is 5.51. The van der Waals surface area contributed by atoms with E-state index >= 15 is 0 Å². The summed E-state index contributed by atoms with van der Waals surface area (Å²) in [4.78, 5) is -1.03. The quantitative estimate of drug-likeness (QED) is 0.879. The molecule has 0 radical (unpaired) electrons. The number of halogens is 3. The number of hydrogen-bond acceptors (Lipinski definition) is 4. The van der Waals surface area contributed by atoms with Gasteiger partial charge in [0.05, 0.1) is 11.6 Å². The average molecular weight is 324 g/mol. The topological polar surface area (TPSA) is 87.2 Å². The number of hydrogen-bond donors (Lipinski definition) is 1. The Balaban J connectivity index is 0.00000200. The van der Waals surface area contributed by atoms with Gasteiger partial charge in [-0.05, 0) is 18.6 Å². The molecule has 1 fully saturated rings. The Morgan fingerprint density at radius 1 is 1.35 bits per heavy atom. The molecule has 1 aliphatic rings. The van der Waals surface area contributed by atoms with E-state index in [0.717, 1.165) is 4.31 Å².